The Morgan fingerprint density at radius 2 is 1.00 bits per heavy atom. The SMILES string of the molecule is C1CO1.C1COCO1. The molecule has 0 amide bonds. The van der Waals surface area contributed by atoms with Gasteiger partial charge in [0.05, 0.1) is 26.4 Å². The molecule has 8 heavy (non-hydrogen) atoms. The Morgan fingerprint density at radius 1 is 0.625 bits per heavy atom. The Bertz CT molecular complexity index is 39.3. The van der Waals surface area contributed by atoms with Gasteiger partial charge in [0.1, 0.15) is 6.79 Å². The molecule has 2 fully saturated rings. The Hall–Kier alpha value is -0.120. The molecule has 0 aliphatic carbocycles. The summed E-state index contributed by atoms with van der Waals surface area (Å²) in [7, 11) is 0. The molecule has 2 heterocycles. The quantitative estimate of drug-likeness (QED) is 0.420. The highest BCUT2D eigenvalue weighted by molar-refractivity contribution is 4.36. The van der Waals surface area contributed by atoms with E-state index in [1.165, 1.54) is 0 Å². The van der Waals surface area contributed by atoms with Crippen LogP contribution in [-0.4, -0.2) is 33.2 Å². The molecule has 48 valence electrons. The highest BCUT2D eigenvalue weighted by Crippen LogP contribution is 1.86. The van der Waals surface area contributed by atoms with Gasteiger partial charge in [-0.15, -0.1) is 0 Å². The van der Waals surface area contributed by atoms with Crippen LogP contribution in [0.5, 0.6) is 0 Å². The third-order valence-corrected chi connectivity index (χ3v) is 0.743. The summed E-state index contributed by atoms with van der Waals surface area (Å²) in [6, 6.07) is 0. The molecule has 0 spiro atoms. The van der Waals surface area contributed by atoms with Gasteiger partial charge in [0.15, 0.2) is 0 Å². The van der Waals surface area contributed by atoms with Gasteiger partial charge in [-0.1, -0.05) is 0 Å². The topological polar surface area (TPSA) is 31.0 Å². The molecule has 0 unspecified atom stereocenters. The van der Waals surface area contributed by atoms with Crippen LogP contribution in [-0.2, 0) is 14.2 Å². The highest BCUT2D eigenvalue weighted by Gasteiger charge is 1.94. The summed E-state index contributed by atoms with van der Waals surface area (Å²) in [6.07, 6.45) is 0. The van der Waals surface area contributed by atoms with Crippen molar-refractivity contribution >= 4 is 0 Å². The number of ether oxygens (including phenoxy) is 3. The van der Waals surface area contributed by atoms with Gasteiger partial charge >= 0.3 is 0 Å². The predicted molar refractivity (Wildman–Crippen MR) is 27.6 cm³/mol. The van der Waals surface area contributed by atoms with E-state index in [0.29, 0.717) is 6.79 Å². The molecule has 0 atom stereocenters. The third kappa shape index (κ3) is 4.05. The maximum Gasteiger partial charge on any atom is 0.146 e. The van der Waals surface area contributed by atoms with E-state index >= 15 is 0 Å². The van der Waals surface area contributed by atoms with E-state index in [1.54, 1.807) is 0 Å². The molecule has 2 saturated heterocycles. The van der Waals surface area contributed by atoms with Gasteiger partial charge in [0.25, 0.3) is 0 Å². The van der Waals surface area contributed by atoms with E-state index in [-0.39, 0.29) is 0 Å². The van der Waals surface area contributed by atoms with Crippen molar-refractivity contribution < 1.29 is 14.2 Å². The minimum Gasteiger partial charge on any atom is -0.377 e. The number of hydrogen-bond donors (Lipinski definition) is 0. The maximum absolute atomic E-state index is 4.72. The van der Waals surface area contributed by atoms with E-state index in [1.807, 2.05) is 0 Å². The van der Waals surface area contributed by atoms with E-state index in [0.717, 1.165) is 26.4 Å². The molecule has 0 aromatic rings. The fourth-order valence-electron chi connectivity index (χ4n) is 0.295. The van der Waals surface area contributed by atoms with Crippen LogP contribution in [0.2, 0.25) is 0 Å². The first-order valence-electron chi connectivity index (χ1n) is 2.73. The number of epoxide rings is 1. The summed E-state index contributed by atoms with van der Waals surface area (Å²) < 4.78 is 13.9. The summed E-state index contributed by atoms with van der Waals surface area (Å²) >= 11 is 0. The molecule has 2 aliphatic heterocycles. The van der Waals surface area contributed by atoms with Gasteiger partial charge in [-0.2, -0.15) is 0 Å². The summed E-state index contributed by atoms with van der Waals surface area (Å²) in [4.78, 5) is 0. The fraction of sp³-hybridized carbons (Fsp3) is 1.00. The molecule has 2 rings (SSSR count). The van der Waals surface area contributed by atoms with Crippen molar-refractivity contribution in [2.75, 3.05) is 33.2 Å². The highest BCUT2D eigenvalue weighted by atomic mass is 16.7. The molecule has 0 N–H and O–H groups in total. The Balaban J connectivity index is 0.0000000907. The molecule has 0 aromatic heterocycles. The monoisotopic (exact) mass is 118 g/mol. The minimum atomic E-state index is 0.500. The van der Waals surface area contributed by atoms with Crippen molar-refractivity contribution in [1.82, 2.24) is 0 Å². The van der Waals surface area contributed by atoms with Crippen LogP contribution >= 0.6 is 0 Å². The molecule has 0 bridgehead atoms. The van der Waals surface area contributed by atoms with E-state index in [9.17, 15) is 0 Å². The number of hydrogen-bond acceptors (Lipinski definition) is 3. The smallest absolute Gasteiger partial charge is 0.146 e. The lowest BCUT2D eigenvalue weighted by atomic mass is 10.8. The lowest BCUT2D eigenvalue weighted by molar-refractivity contribution is 0.0692. The van der Waals surface area contributed by atoms with Crippen molar-refractivity contribution in [1.29, 1.82) is 0 Å². The van der Waals surface area contributed by atoms with Crippen LogP contribution in [0.25, 0.3) is 0 Å². The van der Waals surface area contributed by atoms with Crippen molar-refractivity contribution in [3.8, 4) is 0 Å². The van der Waals surface area contributed by atoms with Gasteiger partial charge < -0.3 is 14.2 Å². The van der Waals surface area contributed by atoms with Crippen LogP contribution in [0.3, 0.4) is 0 Å². The second-order valence-electron chi connectivity index (χ2n) is 1.55. The zero-order valence-corrected chi connectivity index (χ0v) is 4.76. The first-order valence-corrected chi connectivity index (χ1v) is 2.73. The van der Waals surface area contributed by atoms with Gasteiger partial charge in [-0.05, 0) is 0 Å². The average Bonchev–Trinajstić information content (AvgIpc) is 2.55. The zero-order valence-electron chi connectivity index (χ0n) is 4.76. The normalized spacial score (nSPS) is 24.0. The summed E-state index contributed by atoms with van der Waals surface area (Å²) in [5, 5.41) is 0. The van der Waals surface area contributed by atoms with Gasteiger partial charge in [0.2, 0.25) is 0 Å². The van der Waals surface area contributed by atoms with Gasteiger partial charge in [-0.25, -0.2) is 0 Å². The van der Waals surface area contributed by atoms with Crippen molar-refractivity contribution in [2.24, 2.45) is 0 Å². The van der Waals surface area contributed by atoms with Gasteiger partial charge in [-0.3, -0.25) is 0 Å². The van der Waals surface area contributed by atoms with Crippen molar-refractivity contribution in [3.05, 3.63) is 0 Å². The Labute approximate surface area is 48.5 Å². The lowest BCUT2D eigenvalue weighted by Gasteiger charge is -1.76. The summed E-state index contributed by atoms with van der Waals surface area (Å²) in [6.45, 7) is 4.06. The largest absolute Gasteiger partial charge is 0.377 e. The lowest BCUT2D eigenvalue weighted by Crippen LogP contribution is -1.79. The second-order valence-corrected chi connectivity index (χ2v) is 1.55. The van der Waals surface area contributed by atoms with Gasteiger partial charge in [0, 0.05) is 0 Å². The first kappa shape index (κ1) is 6.01. The van der Waals surface area contributed by atoms with E-state index in [4.69, 9.17) is 9.47 Å². The molecule has 3 heteroatoms. The molecule has 3 nitrogen and oxygen atoms in total. The molecule has 2 aliphatic rings. The number of rotatable bonds is 0. The van der Waals surface area contributed by atoms with Crippen molar-refractivity contribution in [3.63, 3.8) is 0 Å². The Kier molecular flexibility index (Phi) is 2.88. The first-order chi connectivity index (χ1) is 4.00. The second kappa shape index (κ2) is 3.83. The van der Waals surface area contributed by atoms with Crippen LogP contribution in [0.4, 0.5) is 0 Å². The fourth-order valence-corrected chi connectivity index (χ4v) is 0.295. The van der Waals surface area contributed by atoms with Crippen LogP contribution in [0, 0.1) is 0 Å². The minimum absolute atomic E-state index is 0.500. The third-order valence-electron chi connectivity index (χ3n) is 0.743. The molecular formula is C5H10O3. The van der Waals surface area contributed by atoms with Crippen LogP contribution < -0.4 is 0 Å². The predicted octanol–water partition coefficient (Wildman–Crippen LogP) is 0.00730. The van der Waals surface area contributed by atoms with E-state index < -0.39 is 0 Å². The standard InChI is InChI=1S/C3H6O2.C2H4O/c1-2-5-3-4-1;1-2-3-1/h1-3H2;1-2H2. The van der Waals surface area contributed by atoms with Crippen molar-refractivity contribution in [2.45, 2.75) is 0 Å². The van der Waals surface area contributed by atoms with E-state index in [2.05, 4.69) is 4.74 Å². The van der Waals surface area contributed by atoms with Crippen LogP contribution in [0.1, 0.15) is 0 Å². The molecule has 0 aromatic carbocycles. The summed E-state index contributed by atoms with van der Waals surface area (Å²) in [5.74, 6) is 0. The Morgan fingerprint density at radius 3 is 1.12 bits per heavy atom. The zero-order chi connectivity index (χ0) is 5.66. The summed E-state index contributed by atoms with van der Waals surface area (Å²) in [5.41, 5.74) is 0. The molecular weight excluding hydrogens is 108 g/mol. The molecule has 0 radical (unpaired) electrons. The van der Waals surface area contributed by atoms with Crippen LogP contribution in [0.15, 0.2) is 0 Å². The average molecular weight is 118 g/mol. The maximum atomic E-state index is 4.72. The molecule has 0 saturated carbocycles.